The maximum atomic E-state index is 12.7. The summed E-state index contributed by atoms with van der Waals surface area (Å²) in [5.41, 5.74) is 0. The second-order valence-corrected chi connectivity index (χ2v) is 7.49. The van der Waals surface area contributed by atoms with Gasteiger partial charge in [-0.15, -0.1) is 0 Å². The molecule has 0 saturated carbocycles. The first-order chi connectivity index (χ1) is 9.50. The van der Waals surface area contributed by atoms with Crippen molar-refractivity contribution in [1.29, 1.82) is 0 Å². The average Bonchev–Trinajstić information content (AvgIpc) is 2.47. The highest BCUT2D eigenvalue weighted by Gasteiger charge is 2.33. The number of aliphatic hydroxyl groups excluding tert-OH is 1. The standard InChI is InChI=1S/C13H18BrNO4S/c1-19-13-6-5-11(8-12(13)14)20(17,18)15-7-3-2-4-10(15)9-16/h5-6,8,10,16H,2-4,7,9H2,1H3. The molecule has 20 heavy (non-hydrogen) atoms. The van der Waals surface area contributed by atoms with Gasteiger partial charge in [0, 0.05) is 12.6 Å². The Morgan fingerprint density at radius 3 is 2.80 bits per heavy atom. The molecule has 1 aliphatic rings. The van der Waals surface area contributed by atoms with Crippen molar-refractivity contribution in [3.05, 3.63) is 22.7 Å². The van der Waals surface area contributed by atoms with E-state index in [0.29, 0.717) is 23.2 Å². The van der Waals surface area contributed by atoms with E-state index < -0.39 is 10.0 Å². The van der Waals surface area contributed by atoms with Crippen LogP contribution in [-0.2, 0) is 10.0 Å². The first-order valence-corrected chi connectivity index (χ1v) is 8.70. The van der Waals surface area contributed by atoms with E-state index >= 15 is 0 Å². The topological polar surface area (TPSA) is 66.8 Å². The van der Waals surface area contributed by atoms with E-state index in [1.807, 2.05) is 0 Å². The first-order valence-electron chi connectivity index (χ1n) is 6.47. The molecule has 2 rings (SSSR count). The molecule has 0 spiro atoms. The number of hydrogen-bond acceptors (Lipinski definition) is 4. The van der Waals surface area contributed by atoms with E-state index in [9.17, 15) is 13.5 Å². The van der Waals surface area contributed by atoms with Crippen molar-refractivity contribution in [2.45, 2.75) is 30.2 Å². The molecule has 1 fully saturated rings. The summed E-state index contributed by atoms with van der Waals surface area (Å²) >= 11 is 3.30. The van der Waals surface area contributed by atoms with Gasteiger partial charge >= 0.3 is 0 Å². The summed E-state index contributed by atoms with van der Waals surface area (Å²) < 4.78 is 32.4. The second-order valence-electron chi connectivity index (χ2n) is 4.74. The molecule has 1 aromatic carbocycles. The van der Waals surface area contributed by atoms with Crippen LogP contribution in [0.15, 0.2) is 27.6 Å². The number of aliphatic hydroxyl groups is 1. The molecule has 1 saturated heterocycles. The van der Waals surface area contributed by atoms with Gasteiger partial charge in [0.25, 0.3) is 0 Å². The van der Waals surface area contributed by atoms with Crippen molar-refractivity contribution in [2.24, 2.45) is 0 Å². The molecule has 0 amide bonds. The normalized spacial score (nSPS) is 20.9. The fraction of sp³-hybridized carbons (Fsp3) is 0.538. The number of rotatable bonds is 4. The first kappa shape index (κ1) is 15.8. The number of benzene rings is 1. The Morgan fingerprint density at radius 1 is 1.45 bits per heavy atom. The molecule has 1 heterocycles. The van der Waals surface area contributed by atoms with Gasteiger partial charge < -0.3 is 9.84 Å². The summed E-state index contributed by atoms with van der Waals surface area (Å²) in [4.78, 5) is 0.213. The third-order valence-corrected chi connectivity index (χ3v) is 6.08. The Kier molecular flexibility index (Phi) is 5.06. The summed E-state index contributed by atoms with van der Waals surface area (Å²) in [6, 6.07) is 4.36. The van der Waals surface area contributed by atoms with Crippen LogP contribution in [0.25, 0.3) is 0 Å². The van der Waals surface area contributed by atoms with Crippen LogP contribution in [0.1, 0.15) is 19.3 Å². The molecule has 1 atom stereocenters. The summed E-state index contributed by atoms with van der Waals surface area (Å²) in [7, 11) is -2.05. The van der Waals surface area contributed by atoms with Crippen LogP contribution < -0.4 is 4.74 Å². The highest BCUT2D eigenvalue weighted by molar-refractivity contribution is 9.10. The van der Waals surface area contributed by atoms with Gasteiger partial charge in [-0.1, -0.05) is 6.42 Å². The maximum Gasteiger partial charge on any atom is 0.243 e. The van der Waals surface area contributed by atoms with Crippen LogP contribution in [-0.4, -0.2) is 44.1 Å². The van der Waals surface area contributed by atoms with Crippen LogP contribution in [0, 0.1) is 0 Å². The number of hydrogen-bond donors (Lipinski definition) is 1. The van der Waals surface area contributed by atoms with Crippen molar-refractivity contribution in [2.75, 3.05) is 20.3 Å². The van der Waals surface area contributed by atoms with Gasteiger partial charge in [-0.2, -0.15) is 4.31 Å². The number of piperidine rings is 1. The molecule has 5 nitrogen and oxygen atoms in total. The average molecular weight is 364 g/mol. The van der Waals surface area contributed by atoms with Gasteiger partial charge in [-0.3, -0.25) is 0 Å². The molecule has 1 unspecified atom stereocenters. The molecule has 7 heteroatoms. The minimum Gasteiger partial charge on any atom is -0.496 e. The van der Waals surface area contributed by atoms with Crippen LogP contribution in [0.3, 0.4) is 0 Å². The molecular formula is C13H18BrNO4S. The Bertz CT molecular complexity index is 576. The zero-order chi connectivity index (χ0) is 14.8. The van der Waals surface area contributed by atoms with E-state index in [4.69, 9.17) is 4.74 Å². The fourth-order valence-electron chi connectivity index (χ4n) is 2.42. The van der Waals surface area contributed by atoms with Gasteiger partial charge in [0.1, 0.15) is 5.75 Å². The van der Waals surface area contributed by atoms with Crippen molar-refractivity contribution in [1.82, 2.24) is 4.31 Å². The van der Waals surface area contributed by atoms with Crippen LogP contribution in [0.4, 0.5) is 0 Å². The molecule has 0 aromatic heterocycles. The lowest BCUT2D eigenvalue weighted by Gasteiger charge is -2.33. The molecule has 1 aromatic rings. The van der Waals surface area contributed by atoms with Gasteiger partial charge in [-0.05, 0) is 47.0 Å². The molecule has 0 radical (unpaired) electrons. The zero-order valence-corrected chi connectivity index (χ0v) is 13.7. The summed E-state index contributed by atoms with van der Waals surface area (Å²) in [6.45, 7) is 0.313. The van der Waals surface area contributed by atoms with E-state index in [2.05, 4.69) is 15.9 Å². The van der Waals surface area contributed by atoms with E-state index in [0.717, 1.165) is 12.8 Å². The second kappa shape index (κ2) is 6.43. The number of methoxy groups -OCH3 is 1. The minimum atomic E-state index is -3.58. The lowest BCUT2D eigenvalue weighted by Crippen LogP contribution is -2.45. The minimum absolute atomic E-state index is 0.142. The van der Waals surface area contributed by atoms with Gasteiger partial charge in [-0.25, -0.2) is 8.42 Å². The number of sulfonamides is 1. The van der Waals surface area contributed by atoms with Crippen molar-refractivity contribution >= 4 is 26.0 Å². The SMILES string of the molecule is COc1ccc(S(=O)(=O)N2CCCCC2CO)cc1Br. The molecular weight excluding hydrogens is 346 g/mol. The third kappa shape index (κ3) is 3.00. The maximum absolute atomic E-state index is 12.7. The number of nitrogens with zero attached hydrogens (tertiary/aromatic N) is 1. The molecule has 1 aliphatic heterocycles. The van der Waals surface area contributed by atoms with Crippen molar-refractivity contribution in [3.63, 3.8) is 0 Å². The third-order valence-electron chi connectivity index (χ3n) is 3.51. The summed E-state index contributed by atoms with van der Waals surface area (Å²) in [5, 5.41) is 9.37. The molecule has 0 bridgehead atoms. The number of halogens is 1. The van der Waals surface area contributed by atoms with E-state index in [1.54, 1.807) is 6.07 Å². The highest BCUT2D eigenvalue weighted by atomic mass is 79.9. The Morgan fingerprint density at radius 2 is 2.20 bits per heavy atom. The Hall–Kier alpha value is -0.630. The van der Waals surface area contributed by atoms with Crippen LogP contribution in [0.5, 0.6) is 5.75 Å². The smallest absolute Gasteiger partial charge is 0.243 e. The molecule has 0 aliphatic carbocycles. The predicted molar refractivity (Wildman–Crippen MR) is 79.3 cm³/mol. The van der Waals surface area contributed by atoms with Gasteiger partial charge in [0.2, 0.25) is 10.0 Å². The van der Waals surface area contributed by atoms with E-state index in [1.165, 1.54) is 23.5 Å². The summed E-state index contributed by atoms with van der Waals surface area (Å²) in [6.07, 6.45) is 2.48. The summed E-state index contributed by atoms with van der Waals surface area (Å²) in [5.74, 6) is 0.585. The van der Waals surface area contributed by atoms with Gasteiger partial charge in [0.05, 0.1) is 23.1 Å². The van der Waals surface area contributed by atoms with Crippen molar-refractivity contribution in [3.8, 4) is 5.75 Å². The largest absolute Gasteiger partial charge is 0.496 e. The monoisotopic (exact) mass is 363 g/mol. The van der Waals surface area contributed by atoms with Crippen LogP contribution >= 0.6 is 15.9 Å². The van der Waals surface area contributed by atoms with E-state index in [-0.39, 0.29) is 17.5 Å². The Labute approximate surface area is 127 Å². The lowest BCUT2D eigenvalue weighted by atomic mass is 10.1. The van der Waals surface area contributed by atoms with Gasteiger partial charge in [0.15, 0.2) is 0 Å². The molecule has 1 N–H and O–H groups in total. The molecule has 112 valence electrons. The van der Waals surface area contributed by atoms with Crippen LogP contribution in [0.2, 0.25) is 0 Å². The quantitative estimate of drug-likeness (QED) is 0.888. The predicted octanol–water partition coefficient (Wildman–Crippen LogP) is 1.99. The zero-order valence-electron chi connectivity index (χ0n) is 11.3. The lowest BCUT2D eigenvalue weighted by molar-refractivity contribution is 0.155. The Balaban J connectivity index is 2.36. The fourth-order valence-corrected chi connectivity index (χ4v) is 4.82. The van der Waals surface area contributed by atoms with Crippen molar-refractivity contribution < 1.29 is 18.3 Å². The number of ether oxygens (including phenoxy) is 1. The highest BCUT2D eigenvalue weighted by Crippen LogP contribution is 2.31.